The molecule has 0 radical (unpaired) electrons. The lowest BCUT2D eigenvalue weighted by molar-refractivity contribution is 0.459. The maximum atomic E-state index is 6.42. The number of rotatable bonds is 2. The van der Waals surface area contributed by atoms with Crippen LogP contribution in [0.1, 0.15) is 30.7 Å². The highest BCUT2D eigenvalue weighted by Gasteiger charge is 2.34. The summed E-state index contributed by atoms with van der Waals surface area (Å²) in [4.78, 5) is 5.94. The summed E-state index contributed by atoms with van der Waals surface area (Å²) in [5.74, 6) is 0. The average Bonchev–Trinajstić information content (AvgIpc) is 2.96. The summed E-state index contributed by atoms with van der Waals surface area (Å²) in [7, 11) is 0. The van der Waals surface area contributed by atoms with E-state index in [4.69, 9.17) is 10.7 Å². The van der Waals surface area contributed by atoms with Crippen molar-refractivity contribution in [2.45, 2.75) is 31.2 Å². The smallest absolute Gasteiger partial charge is 0.113 e. The van der Waals surface area contributed by atoms with Gasteiger partial charge in [-0.05, 0) is 34.8 Å². The zero-order valence-electron chi connectivity index (χ0n) is 9.28. The maximum absolute atomic E-state index is 6.42. The lowest BCUT2D eigenvalue weighted by atomic mass is 10.0. The molecule has 17 heavy (non-hydrogen) atoms. The number of nitrogens with two attached hydrogens (primary N) is 1. The number of thiophene rings is 1. The first-order valence-corrected chi connectivity index (χ1v) is 8.22. The van der Waals surface area contributed by atoms with Gasteiger partial charge in [0.2, 0.25) is 0 Å². The number of thiazole rings is 1. The predicted octanol–water partition coefficient (Wildman–Crippen LogP) is 4.36. The van der Waals surface area contributed by atoms with Gasteiger partial charge in [0.15, 0.2) is 0 Å². The Morgan fingerprint density at radius 3 is 2.65 bits per heavy atom. The third-order valence-corrected chi connectivity index (χ3v) is 6.02. The second-order valence-corrected chi connectivity index (χ2v) is 7.22. The summed E-state index contributed by atoms with van der Waals surface area (Å²) >= 11 is 6.89. The number of halogens is 1. The van der Waals surface area contributed by atoms with E-state index < -0.39 is 0 Å². The van der Waals surface area contributed by atoms with E-state index in [1.807, 2.05) is 0 Å². The molecular weight excluding hydrogens is 316 g/mol. The van der Waals surface area contributed by atoms with E-state index >= 15 is 0 Å². The van der Waals surface area contributed by atoms with Gasteiger partial charge >= 0.3 is 0 Å². The fourth-order valence-corrected chi connectivity index (χ4v) is 4.74. The molecule has 0 aliphatic heterocycles. The first-order chi connectivity index (χ1) is 8.17. The van der Waals surface area contributed by atoms with Gasteiger partial charge in [-0.2, -0.15) is 0 Å². The van der Waals surface area contributed by atoms with E-state index in [1.165, 1.54) is 17.7 Å². The fourth-order valence-electron chi connectivity index (χ4n) is 2.28. The zero-order chi connectivity index (χ0) is 11.9. The minimum Gasteiger partial charge on any atom is -0.319 e. The highest BCUT2D eigenvalue weighted by atomic mass is 79.9. The fraction of sp³-hybridized carbons (Fsp3) is 0.417. The van der Waals surface area contributed by atoms with Crippen molar-refractivity contribution in [3.05, 3.63) is 26.3 Å². The third-order valence-electron chi connectivity index (χ3n) is 3.25. The Labute approximate surface area is 117 Å². The predicted molar refractivity (Wildman–Crippen MR) is 77.5 cm³/mol. The summed E-state index contributed by atoms with van der Waals surface area (Å²) in [5.41, 5.74) is 7.33. The van der Waals surface area contributed by atoms with Crippen LogP contribution in [-0.2, 0) is 5.54 Å². The molecule has 3 rings (SSSR count). The molecule has 1 aliphatic rings. The highest BCUT2D eigenvalue weighted by Crippen LogP contribution is 2.40. The minimum absolute atomic E-state index is 0.155. The molecular formula is C12H13BrN2S2. The molecule has 2 nitrogen and oxygen atoms in total. The van der Waals surface area contributed by atoms with Gasteiger partial charge in [-0.1, -0.05) is 12.8 Å². The van der Waals surface area contributed by atoms with Crippen molar-refractivity contribution in [1.29, 1.82) is 0 Å². The molecule has 0 saturated heterocycles. The minimum atomic E-state index is -0.155. The van der Waals surface area contributed by atoms with Gasteiger partial charge in [-0.15, -0.1) is 22.7 Å². The molecule has 2 aromatic heterocycles. The molecule has 1 aliphatic carbocycles. The van der Waals surface area contributed by atoms with Crippen molar-refractivity contribution in [3.63, 3.8) is 0 Å². The normalized spacial score (nSPS) is 18.7. The largest absolute Gasteiger partial charge is 0.319 e. The van der Waals surface area contributed by atoms with Crippen molar-refractivity contribution in [1.82, 2.24) is 4.98 Å². The second kappa shape index (κ2) is 4.46. The van der Waals surface area contributed by atoms with Gasteiger partial charge in [-0.25, -0.2) is 4.98 Å². The zero-order valence-corrected chi connectivity index (χ0v) is 12.5. The van der Waals surface area contributed by atoms with E-state index in [0.29, 0.717) is 0 Å². The van der Waals surface area contributed by atoms with Crippen LogP contribution in [0.3, 0.4) is 0 Å². The summed E-state index contributed by atoms with van der Waals surface area (Å²) in [6, 6.07) is 2.11. The molecule has 1 fully saturated rings. The van der Waals surface area contributed by atoms with Gasteiger partial charge in [-0.3, -0.25) is 0 Å². The highest BCUT2D eigenvalue weighted by molar-refractivity contribution is 9.10. The standard InChI is InChI=1S/C12H13BrN2S2/c13-8-5-10(16-6-8)9-7-17-11(15-9)12(14)3-1-2-4-12/h5-7H,1-4,14H2. The van der Waals surface area contributed by atoms with E-state index in [1.54, 1.807) is 22.7 Å². The van der Waals surface area contributed by atoms with Crippen LogP contribution in [0.5, 0.6) is 0 Å². The maximum Gasteiger partial charge on any atom is 0.113 e. The molecule has 2 aromatic rings. The van der Waals surface area contributed by atoms with Crippen LogP contribution >= 0.6 is 38.6 Å². The van der Waals surface area contributed by atoms with Crippen LogP contribution in [0, 0.1) is 0 Å². The lowest BCUT2D eigenvalue weighted by Crippen LogP contribution is -2.32. The quantitative estimate of drug-likeness (QED) is 0.889. The molecule has 5 heteroatoms. The third kappa shape index (κ3) is 2.21. The molecule has 90 valence electrons. The number of hydrogen-bond acceptors (Lipinski definition) is 4. The molecule has 0 atom stereocenters. The summed E-state index contributed by atoms with van der Waals surface area (Å²) in [6.07, 6.45) is 4.62. The van der Waals surface area contributed by atoms with Gasteiger partial charge in [0.05, 0.1) is 16.1 Å². The van der Waals surface area contributed by atoms with Crippen molar-refractivity contribution < 1.29 is 0 Å². The van der Waals surface area contributed by atoms with Crippen molar-refractivity contribution in [3.8, 4) is 10.6 Å². The Morgan fingerprint density at radius 2 is 2.00 bits per heavy atom. The Kier molecular flexibility index (Phi) is 3.11. The van der Waals surface area contributed by atoms with Crippen LogP contribution in [0.15, 0.2) is 21.3 Å². The Morgan fingerprint density at radius 1 is 1.24 bits per heavy atom. The Balaban J connectivity index is 1.92. The van der Waals surface area contributed by atoms with Gasteiger partial charge in [0.25, 0.3) is 0 Å². The second-order valence-electron chi connectivity index (χ2n) is 4.53. The molecule has 1 saturated carbocycles. The van der Waals surface area contributed by atoms with Gasteiger partial charge < -0.3 is 5.73 Å². The van der Waals surface area contributed by atoms with Crippen molar-refractivity contribution >= 4 is 38.6 Å². The molecule has 2 N–H and O–H groups in total. The van der Waals surface area contributed by atoms with Crippen LogP contribution in [0.25, 0.3) is 10.6 Å². The van der Waals surface area contributed by atoms with E-state index in [-0.39, 0.29) is 5.54 Å². The number of nitrogens with zero attached hydrogens (tertiary/aromatic N) is 1. The number of hydrogen-bond donors (Lipinski definition) is 1. The first-order valence-electron chi connectivity index (χ1n) is 5.67. The van der Waals surface area contributed by atoms with Crippen LogP contribution in [-0.4, -0.2) is 4.98 Å². The first kappa shape index (κ1) is 11.8. The van der Waals surface area contributed by atoms with Gasteiger partial charge in [0.1, 0.15) is 5.01 Å². The van der Waals surface area contributed by atoms with Crippen molar-refractivity contribution in [2.24, 2.45) is 5.73 Å². The monoisotopic (exact) mass is 328 g/mol. The molecule has 0 amide bonds. The molecule has 0 bridgehead atoms. The molecule has 0 spiro atoms. The lowest BCUT2D eigenvalue weighted by Gasteiger charge is -2.19. The van der Waals surface area contributed by atoms with Crippen LogP contribution in [0.4, 0.5) is 0 Å². The van der Waals surface area contributed by atoms with Gasteiger partial charge in [0, 0.05) is 15.2 Å². The summed E-state index contributed by atoms with van der Waals surface area (Å²) in [6.45, 7) is 0. The molecule has 0 aromatic carbocycles. The summed E-state index contributed by atoms with van der Waals surface area (Å²) in [5, 5.41) is 5.32. The summed E-state index contributed by atoms with van der Waals surface area (Å²) < 4.78 is 1.12. The van der Waals surface area contributed by atoms with Crippen LogP contribution in [0.2, 0.25) is 0 Å². The molecule has 2 heterocycles. The average molecular weight is 329 g/mol. The van der Waals surface area contributed by atoms with Crippen molar-refractivity contribution in [2.75, 3.05) is 0 Å². The van der Waals surface area contributed by atoms with E-state index in [0.717, 1.165) is 28.0 Å². The number of aromatic nitrogens is 1. The SMILES string of the molecule is NC1(c2nc(-c3cc(Br)cs3)cs2)CCCC1. The Hall–Kier alpha value is -0.230. The van der Waals surface area contributed by atoms with E-state index in [9.17, 15) is 0 Å². The van der Waals surface area contributed by atoms with E-state index in [2.05, 4.69) is 32.8 Å². The van der Waals surface area contributed by atoms with Crippen LogP contribution < -0.4 is 5.73 Å². The topological polar surface area (TPSA) is 38.9 Å². The molecule has 0 unspecified atom stereocenters. The Bertz CT molecular complexity index is 526.